The molecule has 23 heavy (non-hydrogen) atoms. The first-order valence-electron chi connectivity index (χ1n) is 6.72. The smallest absolute Gasteiger partial charge is 0.331 e. The van der Waals surface area contributed by atoms with E-state index in [9.17, 15) is 9.59 Å². The molecule has 120 valence electrons. The molecule has 0 atom stereocenters. The Kier molecular flexibility index (Phi) is 5.82. The molecule has 0 aromatic heterocycles. The highest BCUT2D eigenvalue weighted by Gasteiger charge is 2.11. The first-order valence-corrected chi connectivity index (χ1v) is 7.10. The fraction of sp³-hybridized carbons (Fsp3) is 0.125. The predicted octanol–water partition coefficient (Wildman–Crippen LogP) is 3.08. The molecule has 0 aliphatic carbocycles. The van der Waals surface area contributed by atoms with E-state index in [1.54, 1.807) is 48.5 Å². The van der Waals surface area contributed by atoms with Crippen LogP contribution >= 0.6 is 11.6 Å². The number of nitrogens with one attached hydrogen (secondary N) is 2. The van der Waals surface area contributed by atoms with E-state index >= 15 is 0 Å². The van der Waals surface area contributed by atoms with Crippen LogP contribution in [0.15, 0.2) is 48.5 Å². The number of methoxy groups -OCH3 is 1. The minimum absolute atomic E-state index is 0.287. The van der Waals surface area contributed by atoms with Gasteiger partial charge in [0.15, 0.2) is 11.5 Å². The van der Waals surface area contributed by atoms with Gasteiger partial charge in [-0.3, -0.25) is 0 Å². The highest BCUT2D eigenvalue weighted by atomic mass is 35.5. The molecule has 2 rings (SSSR count). The number of benzene rings is 2. The van der Waals surface area contributed by atoms with E-state index in [1.165, 1.54) is 7.11 Å². The summed E-state index contributed by atoms with van der Waals surface area (Å²) in [6.07, 6.45) is 0. The first-order chi connectivity index (χ1) is 11.1. The molecule has 0 aliphatic heterocycles. The van der Waals surface area contributed by atoms with Crippen molar-refractivity contribution in [3.05, 3.63) is 53.6 Å². The molecule has 6 nitrogen and oxygen atoms in total. The summed E-state index contributed by atoms with van der Waals surface area (Å²) in [6, 6.07) is 12.9. The summed E-state index contributed by atoms with van der Waals surface area (Å²) in [5, 5.41) is 5.46. The van der Waals surface area contributed by atoms with Crippen molar-refractivity contribution in [3.8, 4) is 11.5 Å². The maximum absolute atomic E-state index is 11.8. The van der Waals surface area contributed by atoms with E-state index in [-0.39, 0.29) is 12.3 Å². The summed E-state index contributed by atoms with van der Waals surface area (Å²) in [4.78, 5) is 23.5. The van der Waals surface area contributed by atoms with Gasteiger partial charge in [0.1, 0.15) is 6.54 Å². The third-order valence-electron chi connectivity index (χ3n) is 2.77. The number of hydrogen-bond donors (Lipinski definition) is 2. The van der Waals surface area contributed by atoms with Gasteiger partial charge in [0.05, 0.1) is 7.11 Å². The maximum atomic E-state index is 11.8. The van der Waals surface area contributed by atoms with Crippen molar-refractivity contribution in [2.45, 2.75) is 0 Å². The lowest BCUT2D eigenvalue weighted by atomic mass is 10.3. The second-order valence-electron chi connectivity index (χ2n) is 4.44. The van der Waals surface area contributed by atoms with Gasteiger partial charge < -0.3 is 20.1 Å². The second kappa shape index (κ2) is 8.05. The monoisotopic (exact) mass is 334 g/mol. The number of anilines is 1. The summed E-state index contributed by atoms with van der Waals surface area (Å²) in [6.45, 7) is -0.287. The zero-order valence-electron chi connectivity index (χ0n) is 12.3. The molecular weight excluding hydrogens is 320 g/mol. The van der Waals surface area contributed by atoms with Gasteiger partial charge in [-0.2, -0.15) is 0 Å². The molecule has 0 unspecified atom stereocenters. The van der Waals surface area contributed by atoms with Gasteiger partial charge in [0, 0.05) is 10.7 Å². The molecular formula is C16H15ClN2O4. The van der Waals surface area contributed by atoms with Crippen LogP contribution in [-0.2, 0) is 4.79 Å². The van der Waals surface area contributed by atoms with E-state index in [2.05, 4.69) is 10.6 Å². The summed E-state index contributed by atoms with van der Waals surface area (Å²) in [5.41, 5.74) is 0.521. The van der Waals surface area contributed by atoms with Crippen LogP contribution in [0, 0.1) is 0 Å². The lowest BCUT2D eigenvalue weighted by molar-refractivity contribution is -0.133. The lowest BCUT2D eigenvalue weighted by Gasteiger charge is -2.10. The van der Waals surface area contributed by atoms with Gasteiger partial charge in [0.2, 0.25) is 0 Å². The number of amides is 2. The van der Waals surface area contributed by atoms with Crippen LogP contribution in [0.25, 0.3) is 0 Å². The van der Waals surface area contributed by atoms with Gasteiger partial charge in [-0.1, -0.05) is 29.8 Å². The minimum Gasteiger partial charge on any atom is -0.493 e. The number of hydrogen-bond acceptors (Lipinski definition) is 4. The number of carbonyl (C=O) groups excluding carboxylic acids is 2. The van der Waals surface area contributed by atoms with Crippen LogP contribution in [0.1, 0.15) is 0 Å². The SMILES string of the molecule is COc1ccccc1OC(=O)CNC(=O)Nc1cccc(Cl)c1. The Morgan fingerprint density at radius 3 is 2.52 bits per heavy atom. The number of rotatable bonds is 5. The number of urea groups is 1. The number of ether oxygens (including phenoxy) is 2. The lowest BCUT2D eigenvalue weighted by Crippen LogP contribution is -2.35. The van der Waals surface area contributed by atoms with Crippen LogP contribution in [0.4, 0.5) is 10.5 Å². The van der Waals surface area contributed by atoms with Crippen LogP contribution < -0.4 is 20.1 Å². The Morgan fingerprint density at radius 1 is 1.09 bits per heavy atom. The van der Waals surface area contributed by atoms with Crippen LogP contribution in [0.5, 0.6) is 11.5 Å². The number of esters is 1. The van der Waals surface area contributed by atoms with Crippen molar-refractivity contribution < 1.29 is 19.1 Å². The molecule has 0 spiro atoms. The van der Waals surface area contributed by atoms with E-state index < -0.39 is 12.0 Å². The van der Waals surface area contributed by atoms with Gasteiger partial charge in [-0.05, 0) is 30.3 Å². The molecule has 2 amide bonds. The molecule has 7 heteroatoms. The van der Waals surface area contributed by atoms with Gasteiger partial charge >= 0.3 is 12.0 Å². The summed E-state index contributed by atoms with van der Waals surface area (Å²) in [5.74, 6) is 0.108. The molecule has 2 aromatic rings. The van der Waals surface area contributed by atoms with Crippen molar-refractivity contribution in [3.63, 3.8) is 0 Å². The maximum Gasteiger partial charge on any atom is 0.331 e. The topological polar surface area (TPSA) is 76.7 Å². The first kappa shape index (κ1) is 16.6. The molecule has 0 aliphatic rings. The molecule has 2 aromatic carbocycles. The molecule has 0 fully saturated rings. The normalized spacial score (nSPS) is 9.83. The second-order valence-corrected chi connectivity index (χ2v) is 4.88. The Labute approximate surface area is 138 Å². The van der Waals surface area contributed by atoms with Crippen molar-refractivity contribution in [2.75, 3.05) is 19.0 Å². The molecule has 0 saturated heterocycles. The summed E-state index contributed by atoms with van der Waals surface area (Å²) in [7, 11) is 1.48. The predicted molar refractivity (Wildman–Crippen MR) is 87.1 cm³/mol. The zero-order valence-corrected chi connectivity index (χ0v) is 13.1. The Balaban J connectivity index is 1.83. The third-order valence-corrected chi connectivity index (χ3v) is 3.00. The van der Waals surface area contributed by atoms with Gasteiger partial charge in [-0.15, -0.1) is 0 Å². The van der Waals surface area contributed by atoms with Crippen molar-refractivity contribution in [1.82, 2.24) is 5.32 Å². The van der Waals surface area contributed by atoms with Gasteiger partial charge in [0.25, 0.3) is 0 Å². The van der Waals surface area contributed by atoms with Crippen molar-refractivity contribution >= 4 is 29.3 Å². The fourth-order valence-corrected chi connectivity index (χ4v) is 1.95. The van der Waals surface area contributed by atoms with Crippen molar-refractivity contribution in [1.29, 1.82) is 0 Å². The molecule has 0 bridgehead atoms. The Morgan fingerprint density at radius 2 is 1.83 bits per heavy atom. The van der Waals surface area contributed by atoms with Crippen LogP contribution in [0.2, 0.25) is 5.02 Å². The molecule has 0 radical (unpaired) electrons. The molecule has 2 N–H and O–H groups in total. The minimum atomic E-state index is -0.615. The van der Waals surface area contributed by atoms with E-state index in [4.69, 9.17) is 21.1 Å². The highest BCUT2D eigenvalue weighted by molar-refractivity contribution is 6.30. The van der Waals surface area contributed by atoms with Gasteiger partial charge in [-0.25, -0.2) is 9.59 Å². The highest BCUT2D eigenvalue weighted by Crippen LogP contribution is 2.25. The Hall–Kier alpha value is -2.73. The largest absolute Gasteiger partial charge is 0.493 e. The third kappa shape index (κ3) is 5.19. The van der Waals surface area contributed by atoms with E-state index in [0.717, 1.165) is 0 Å². The molecule has 0 saturated carbocycles. The quantitative estimate of drug-likeness (QED) is 0.650. The molecule has 0 heterocycles. The van der Waals surface area contributed by atoms with E-state index in [1.807, 2.05) is 0 Å². The van der Waals surface area contributed by atoms with E-state index in [0.29, 0.717) is 16.5 Å². The number of halogens is 1. The number of para-hydroxylation sites is 2. The zero-order chi connectivity index (χ0) is 16.7. The summed E-state index contributed by atoms with van der Waals surface area (Å²) < 4.78 is 10.2. The van der Waals surface area contributed by atoms with Crippen molar-refractivity contribution in [2.24, 2.45) is 0 Å². The Bertz CT molecular complexity index is 706. The summed E-state index contributed by atoms with van der Waals surface area (Å²) >= 11 is 5.82. The fourth-order valence-electron chi connectivity index (χ4n) is 1.76. The number of carbonyl (C=O) groups is 2. The standard InChI is InChI=1S/C16H15ClN2O4/c1-22-13-7-2-3-8-14(13)23-15(20)10-18-16(21)19-12-6-4-5-11(17)9-12/h2-9H,10H2,1H3,(H2,18,19,21). The van der Waals surface area contributed by atoms with Crippen LogP contribution in [-0.4, -0.2) is 25.7 Å². The van der Waals surface area contributed by atoms with Crippen LogP contribution in [0.3, 0.4) is 0 Å². The average molecular weight is 335 g/mol. The average Bonchev–Trinajstić information content (AvgIpc) is 2.53.